The SMILES string of the molecule is NS(=O)(=O)C1CC(=O)N(c2nc(-c3ccc(O)cc3)cs2)C1. The number of phenols is 1. The third-order valence-electron chi connectivity index (χ3n) is 3.44. The van der Waals surface area contributed by atoms with E-state index in [4.69, 9.17) is 5.14 Å². The molecule has 1 unspecified atom stereocenters. The van der Waals surface area contributed by atoms with Crippen molar-refractivity contribution in [1.82, 2.24) is 4.98 Å². The van der Waals surface area contributed by atoms with Crippen LogP contribution in [0.15, 0.2) is 29.6 Å². The number of hydrogen-bond acceptors (Lipinski definition) is 6. The number of thiazole rings is 1. The summed E-state index contributed by atoms with van der Waals surface area (Å²) < 4.78 is 22.7. The largest absolute Gasteiger partial charge is 0.508 e. The van der Waals surface area contributed by atoms with Gasteiger partial charge in [-0.25, -0.2) is 18.5 Å². The maximum Gasteiger partial charge on any atom is 0.230 e. The second-order valence-corrected chi connectivity index (χ2v) is 7.66. The molecule has 3 rings (SSSR count). The van der Waals surface area contributed by atoms with Gasteiger partial charge in [-0.1, -0.05) is 0 Å². The number of aromatic nitrogens is 1. The van der Waals surface area contributed by atoms with Gasteiger partial charge in [-0.15, -0.1) is 11.3 Å². The first kappa shape index (κ1) is 14.9. The van der Waals surface area contributed by atoms with Crippen molar-refractivity contribution in [3.8, 4) is 17.0 Å². The molecule has 2 aromatic rings. The standard InChI is InChI=1S/C13H13N3O4S2/c14-22(19,20)10-5-12(18)16(6-10)13-15-11(7-21-13)8-1-3-9(17)4-2-8/h1-4,7,10,17H,5-6H2,(H2,14,19,20). The van der Waals surface area contributed by atoms with Gasteiger partial charge in [-0.05, 0) is 24.3 Å². The topological polar surface area (TPSA) is 114 Å². The molecule has 0 bridgehead atoms. The van der Waals surface area contributed by atoms with Gasteiger partial charge in [0.1, 0.15) is 11.0 Å². The third-order valence-corrected chi connectivity index (χ3v) is 5.55. The van der Waals surface area contributed by atoms with Gasteiger partial charge in [-0.3, -0.25) is 9.69 Å². The Balaban J connectivity index is 1.85. The second-order valence-electron chi connectivity index (χ2n) is 4.98. The lowest BCUT2D eigenvalue weighted by molar-refractivity contribution is -0.117. The highest BCUT2D eigenvalue weighted by Crippen LogP contribution is 2.31. The number of rotatable bonds is 3. The number of primary sulfonamides is 1. The first-order chi connectivity index (χ1) is 10.3. The average Bonchev–Trinajstić information content (AvgIpc) is 3.05. The fraction of sp³-hybridized carbons (Fsp3) is 0.231. The molecule has 9 heteroatoms. The molecule has 1 amide bonds. The monoisotopic (exact) mass is 339 g/mol. The number of phenolic OH excluding ortho intramolecular Hbond substituents is 1. The molecular weight excluding hydrogens is 326 g/mol. The van der Waals surface area contributed by atoms with Gasteiger partial charge >= 0.3 is 0 Å². The number of aromatic hydroxyl groups is 1. The predicted molar refractivity (Wildman–Crippen MR) is 83.1 cm³/mol. The number of carbonyl (C=O) groups is 1. The van der Waals surface area contributed by atoms with E-state index >= 15 is 0 Å². The molecule has 7 nitrogen and oxygen atoms in total. The Hall–Kier alpha value is -1.97. The Morgan fingerprint density at radius 3 is 2.59 bits per heavy atom. The van der Waals surface area contributed by atoms with E-state index in [1.54, 1.807) is 29.6 Å². The highest BCUT2D eigenvalue weighted by Gasteiger charge is 2.38. The van der Waals surface area contributed by atoms with Crippen LogP contribution in [-0.2, 0) is 14.8 Å². The number of anilines is 1. The lowest BCUT2D eigenvalue weighted by Gasteiger charge is -2.11. The number of benzene rings is 1. The summed E-state index contributed by atoms with van der Waals surface area (Å²) in [4.78, 5) is 17.7. The number of nitrogens with zero attached hydrogens (tertiary/aromatic N) is 2. The normalized spacial score (nSPS) is 18.9. The van der Waals surface area contributed by atoms with Gasteiger partial charge in [-0.2, -0.15) is 0 Å². The van der Waals surface area contributed by atoms with Crippen LogP contribution in [0.5, 0.6) is 5.75 Å². The van der Waals surface area contributed by atoms with Crippen molar-refractivity contribution < 1.29 is 18.3 Å². The van der Waals surface area contributed by atoms with Gasteiger partial charge < -0.3 is 5.11 Å². The molecule has 2 heterocycles. The molecule has 3 N–H and O–H groups in total. The minimum atomic E-state index is -3.74. The fourth-order valence-electron chi connectivity index (χ4n) is 2.23. The van der Waals surface area contributed by atoms with Gasteiger partial charge in [0.2, 0.25) is 15.9 Å². The molecule has 0 spiro atoms. The predicted octanol–water partition coefficient (Wildman–Crippen LogP) is 0.910. The summed E-state index contributed by atoms with van der Waals surface area (Å²) in [5.74, 6) is -0.143. The fourth-order valence-corrected chi connectivity index (χ4v) is 3.83. The van der Waals surface area contributed by atoms with Crippen molar-refractivity contribution in [2.75, 3.05) is 11.4 Å². The molecule has 1 aromatic heterocycles. The zero-order valence-corrected chi connectivity index (χ0v) is 13.0. The highest BCUT2D eigenvalue weighted by atomic mass is 32.2. The summed E-state index contributed by atoms with van der Waals surface area (Å²) in [6.07, 6.45) is -0.118. The number of carbonyl (C=O) groups excluding carboxylic acids is 1. The van der Waals surface area contributed by atoms with E-state index in [1.807, 2.05) is 0 Å². The van der Waals surface area contributed by atoms with Crippen LogP contribution in [0.25, 0.3) is 11.3 Å². The van der Waals surface area contributed by atoms with Crippen LogP contribution in [0, 0.1) is 0 Å². The molecule has 1 aromatic carbocycles. The van der Waals surface area contributed by atoms with Crippen LogP contribution in [0.4, 0.5) is 5.13 Å². The molecule has 1 aliphatic rings. The summed E-state index contributed by atoms with van der Waals surface area (Å²) in [6, 6.07) is 6.53. The van der Waals surface area contributed by atoms with Crippen molar-refractivity contribution in [1.29, 1.82) is 0 Å². The maximum absolute atomic E-state index is 12.0. The summed E-state index contributed by atoms with van der Waals surface area (Å²) in [5.41, 5.74) is 1.46. The van der Waals surface area contributed by atoms with Gasteiger partial charge in [0.05, 0.1) is 5.69 Å². The van der Waals surface area contributed by atoms with Crippen molar-refractivity contribution in [2.24, 2.45) is 5.14 Å². The third kappa shape index (κ3) is 2.82. The Bertz CT molecular complexity index is 814. The molecule has 0 aliphatic carbocycles. The second kappa shape index (κ2) is 5.34. The number of sulfonamides is 1. The van der Waals surface area contributed by atoms with Crippen LogP contribution >= 0.6 is 11.3 Å². The van der Waals surface area contributed by atoms with E-state index in [1.165, 1.54) is 16.2 Å². The Morgan fingerprint density at radius 2 is 2.00 bits per heavy atom. The number of nitrogens with two attached hydrogens (primary N) is 1. The molecule has 1 saturated heterocycles. The van der Waals surface area contributed by atoms with E-state index in [-0.39, 0.29) is 24.6 Å². The number of hydrogen-bond donors (Lipinski definition) is 2. The van der Waals surface area contributed by atoms with Crippen LogP contribution < -0.4 is 10.0 Å². The molecule has 0 radical (unpaired) electrons. The van der Waals surface area contributed by atoms with Crippen molar-refractivity contribution in [3.05, 3.63) is 29.6 Å². The first-order valence-electron chi connectivity index (χ1n) is 6.41. The Morgan fingerprint density at radius 1 is 1.32 bits per heavy atom. The lowest BCUT2D eigenvalue weighted by Crippen LogP contribution is -2.32. The molecule has 1 atom stereocenters. The van der Waals surface area contributed by atoms with E-state index in [9.17, 15) is 18.3 Å². The molecule has 22 heavy (non-hydrogen) atoms. The molecule has 0 saturated carbocycles. The molecular formula is C13H13N3O4S2. The summed E-state index contributed by atoms with van der Waals surface area (Å²) in [6.45, 7) is 0.0280. The minimum absolute atomic E-state index is 0.0280. The smallest absolute Gasteiger partial charge is 0.230 e. The summed E-state index contributed by atoms with van der Waals surface area (Å²) in [5, 5.41) is 15.7. The molecule has 1 fully saturated rings. The highest BCUT2D eigenvalue weighted by molar-refractivity contribution is 7.89. The van der Waals surface area contributed by atoms with Crippen molar-refractivity contribution in [2.45, 2.75) is 11.7 Å². The zero-order chi connectivity index (χ0) is 15.9. The van der Waals surface area contributed by atoms with E-state index in [0.717, 1.165) is 5.56 Å². The molecule has 1 aliphatic heterocycles. The van der Waals surface area contributed by atoms with Crippen LogP contribution in [0.1, 0.15) is 6.42 Å². The average molecular weight is 339 g/mol. The van der Waals surface area contributed by atoms with E-state index in [0.29, 0.717) is 10.8 Å². The van der Waals surface area contributed by atoms with Gasteiger partial charge in [0.25, 0.3) is 0 Å². The van der Waals surface area contributed by atoms with Gasteiger partial charge in [0.15, 0.2) is 5.13 Å². The summed E-state index contributed by atoms with van der Waals surface area (Å²) >= 11 is 1.26. The Kier molecular flexibility index (Phi) is 3.63. The van der Waals surface area contributed by atoms with Crippen LogP contribution in [-0.4, -0.2) is 36.2 Å². The lowest BCUT2D eigenvalue weighted by atomic mass is 10.2. The van der Waals surface area contributed by atoms with Crippen molar-refractivity contribution >= 4 is 32.4 Å². The quantitative estimate of drug-likeness (QED) is 0.863. The van der Waals surface area contributed by atoms with Crippen LogP contribution in [0.3, 0.4) is 0 Å². The zero-order valence-electron chi connectivity index (χ0n) is 11.3. The number of amides is 1. The van der Waals surface area contributed by atoms with E-state index in [2.05, 4.69) is 4.98 Å². The summed E-state index contributed by atoms with van der Waals surface area (Å²) in [7, 11) is -3.74. The molecule has 116 valence electrons. The van der Waals surface area contributed by atoms with Crippen LogP contribution in [0.2, 0.25) is 0 Å². The minimum Gasteiger partial charge on any atom is -0.508 e. The Labute approximate surface area is 131 Å². The van der Waals surface area contributed by atoms with Gasteiger partial charge in [0, 0.05) is 23.9 Å². The van der Waals surface area contributed by atoms with E-state index < -0.39 is 15.3 Å². The van der Waals surface area contributed by atoms with Crippen molar-refractivity contribution in [3.63, 3.8) is 0 Å². The maximum atomic E-state index is 12.0. The first-order valence-corrected chi connectivity index (χ1v) is 8.90.